The van der Waals surface area contributed by atoms with Gasteiger partial charge in [-0.3, -0.25) is 4.79 Å². The predicted octanol–water partition coefficient (Wildman–Crippen LogP) is 2.81. The first-order valence-electron chi connectivity index (χ1n) is 7.27. The minimum Gasteiger partial charge on any atom is -0.358 e. The molecule has 2 fully saturated rings. The van der Waals surface area contributed by atoms with Crippen LogP contribution in [0.5, 0.6) is 0 Å². The number of hydrogen-bond donors (Lipinski definition) is 0. The number of fused-ring (bicyclic) bond motifs is 1. The molecule has 0 spiro atoms. The number of rotatable bonds is 4. The van der Waals surface area contributed by atoms with Gasteiger partial charge in [0.1, 0.15) is 6.23 Å². The van der Waals surface area contributed by atoms with Crippen molar-refractivity contribution in [2.75, 3.05) is 6.61 Å². The Bertz CT molecular complexity index is 445. The van der Waals surface area contributed by atoms with E-state index < -0.39 is 0 Å². The maximum atomic E-state index is 12.5. The third-order valence-corrected chi connectivity index (χ3v) is 4.38. The highest BCUT2D eigenvalue weighted by atomic mass is 16.5. The molecule has 3 heteroatoms. The Morgan fingerprint density at radius 3 is 2.79 bits per heavy atom. The van der Waals surface area contributed by atoms with E-state index in [2.05, 4.69) is 12.1 Å². The van der Waals surface area contributed by atoms with Gasteiger partial charge in [-0.2, -0.15) is 0 Å². The van der Waals surface area contributed by atoms with Gasteiger partial charge in [0.2, 0.25) is 5.91 Å². The minimum absolute atomic E-state index is 0.00907. The van der Waals surface area contributed by atoms with Crippen LogP contribution in [0.2, 0.25) is 0 Å². The number of carbonyl (C=O) groups is 1. The van der Waals surface area contributed by atoms with Crippen LogP contribution in [-0.4, -0.2) is 23.6 Å². The summed E-state index contributed by atoms with van der Waals surface area (Å²) in [6.45, 7) is 3.36. The number of likely N-dealkylation sites (tertiary alicyclic amines) is 1. The van der Waals surface area contributed by atoms with E-state index >= 15 is 0 Å². The van der Waals surface area contributed by atoms with Crippen molar-refractivity contribution in [2.45, 2.75) is 39.0 Å². The van der Waals surface area contributed by atoms with E-state index in [1.807, 2.05) is 30.0 Å². The van der Waals surface area contributed by atoms with Crippen LogP contribution in [-0.2, 0) is 16.1 Å². The van der Waals surface area contributed by atoms with Gasteiger partial charge in [-0.05, 0) is 25.3 Å². The molecular formula is C16H21NO2. The summed E-state index contributed by atoms with van der Waals surface area (Å²) in [5, 5.41) is 0. The van der Waals surface area contributed by atoms with E-state index in [1.54, 1.807) is 0 Å². The van der Waals surface area contributed by atoms with Crippen molar-refractivity contribution < 1.29 is 9.53 Å². The van der Waals surface area contributed by atoms with Gasteiger partial charge in [-0.15, -0.1) is 0 Å². The highest BCUT2D eigenvalue weighted by Crippen LogP contribution is 2.43. The highest BCUT2D eigenvalue weighted by Gasteiger charge is 2.50. The van der Waals surface area contributed by atoms with Crippen LogP contribution >= 0.6 is 0 Å². The molecule has 0 radical (unpaired) electrons. The second-order valence-electron chi connectivity index (χ2n) is 5.50. The maximum Gasteiger partial charge on any atom is 0.228 e. The van der Waals surface area contributed by atoms with Gasteiger partial charge >= 0.3 is 0 Å². The molecule has 1 heterocycles. The highest BCUT2D eigenvalue weighted by molar-refractivity contribution is 5.82. The molecule has 0 aromatic heterocycles. The lowest BCUT2D eigenvalue weighted by Crippen LogP contribution is -2.37. The number of amides is 1. The zero-order valence-electron chi connectivity index (χ0n) is 11.4. The van der Waals surface area contributed by atoms with Gasteiger partial charge in [0.15, 0.2) is 0 Å². The molecule has 1 saturated carbocycles. The lowest BCUT2D eigenvalue weighted by atomic mass is 9.99. The quantitative estimate of drug-likeness (QED) is 0.832. The van der Waals surface area contributed by atoms with Crippen LogP contribution in [0.1, 0.15) is 31.7 Å². The molecule has 1 aromatic carbocycles. The molecule has 1 aromatic rings. The van der Waals surface area contributed by atoms with Crippen LogP contribution in [0.3, 0.4) is 0 Å². The smallest absolute Gasteiger partial charge is 0.228 e. The van der Waals surface area contributed by atoms with Crippen molar-refractivity contribution in [3.05, 3.63) is 35.9 Å². The first kappa shape index (κ1) is 12.7. The van der Waals surface area contributed by atoms with E-state index in [4.69, 9.17) is 4.74 Å². The average Bonchev–Trinajstić information content (AvgIpc) is 2.99. The van der Waals surface area contributed by atoms with Gasteiger partial charge in [-0.25, -0.2) is 0 Å². The number of carbonyl (C=O) groups excluding carboxylic acids is 1. The van der Waals surface area contributed by atoms with Crippen LogP contribution in [0.15, 0.2) is 30.3 Å². The Morgan fingerprint density at radius 1 is 1.26 bits per heavy atom. The fourth-order valence-corrected chi connectivity index (χ4v) is 3.54. The number of ether oxygens (including phenoxy) is 1. The molecular weight excluding hydrogens is 238 g/mol. The lowest BCUT2D eigenvalue weighted by Gasteiger charge is -2.27. The summed E-state index contributed by atoms with van der Waals surface area (Å²) < 4.78 is 5.88. The Balaban J connectivity index is 1.80. The van der Waals surface area contributed by atoms with Crippen molar-refractivity contribution in [1.29, 1.82) is 0 Å². The van der Waals surface area contributed by atoms with E-state index in [9.17, 15) is 4.79 Å². The van der Waals surface area contributed by atoms with Crippen LogP contribution in [0.25, 0.3) is 0 Å². The molecule has 2 aliphatic rings. The summed E-state index contributed by atoms with van der Waals surface area (Å²) in [4.78, 5) is 14.5. The topological polar surface area (TPSA) is 29.5 Å². The molecule has 19 heavy (non-hydrogen) atoms. The Morgan fingerprint density at radius 2 is 2.05 bits per heavy atom. The summed E-state index contributed by atoms with van der Waals surface area (Å²) >= 11 is 0. The summed E-state index contributed by atoms with van der Waals surface area (Å²) in [7, 11) is 0. The average molecular weight is 259 g/mol. The first-order chi connectivity index (χ1) is 9.31. The minimum atomic E-state index is -0.00907. The third-order valence-electron chi connectivity index (χ3n) is 4.38. The van der Waals surface area contributed by atoms with Crippen molar-refractivity contribution in [2.24, 2.45) is 11.8 Å². The van der Waals surface area contributed by atoms with Gasteiger partial charge in [0, 0.05) is 25.0 Å². The molecule has 3 nitrogen and oxygen atoms in total. The Hall–Kier alpha value is -1.35. The molecule has 0 N–H and O–H groups in total. The molecule has 0 unspecified atom stereocenters. The molecule has 1 saturated heterocycles. The first-order valence-corrected chi connectivity index (χ1v) is 7.27. The van der Waals surface area contributed by atoms with Gasteiger partial charge in [0.25, 0.3) is 0 Å². The van der Waals surface area contributed by atoms with E-state index in [-0.39, 0.29) is 12.1 Å². The summed E-state index contributed by atoms with van der Waals surface area (Å²) in [6.07, 6.45) is 3.33. The Labute approximate surface area is 114 Å². The summed E-state index contributed by atoms with van der Waals surface area (Å²) in [5.74, 6) is 0.918. The fourth-order valence-electron chi connectivity index (χ4n) is 3.54. The van der Waals surface area contributed by atoms with Crippen molar-refractivity contribution >= 4 is 5.91 Å². The largest absolute Gasteiger partial charge is 0.358 e. The van der Waals surface area contributed by atoms with E-state index in [0.29, 0.717) is 25.0 Å². The van der Waals surface area contributed by atoms with Crippen LogP contribution in [0, 0.1) is 11.8 Å². The van der Waals surface area contributed by atoms with E-state index in [0.717, 1.165) is 12.8 Å². The molecule has 1 aliphatic heterocycles. The number of nitrogens with zero attached hydrogens (tertiary/aromatic N) is 1. The molecule has 1 amide bonds. The van der Waals surface area contributed by atoms with Crippen molar-refractivity contribution in [1.82, 2.24) is 4.90 Å². The maximum absolute atomic E-state index is 12.5. The monoisotopic (exact) mass is 259 g/mol. The summed E-state index contributed by atoms with van der Waals surface area (Å²) in [6, 6.07) is 10.2. The number of hydrogen-bond acceptors (Lipinski definition) is 2. The molecule has 3 atom stereocenters. The van der Waals surface area contributed by atoms with Gasteiger partial charge in [-0.1, -0.05) is 36.8 Å². The standard InChI is InChI=1S/C16H21NO2/c1-2-19-16-14-10-6-9-13(14)15(18)17(16)11-12-7-4-3-5-8-12/h3-5,7-8,13-14,16H,2,6,9-11H2,1H3/t13-,14+,16-/m0/s1. The molecule has 0 bridgehead atoms. The molecule has 1 aliphatic carbocycles. The van der Waals surface area contributed by atoms with Crippen LogP contribution in [0.4, 0.5) is 0 Å². The van der Waals surface area contributed by atoms with Gasteiger partial charge < -0.3 is 9.64 Å². The lowest BCUT2D eigenvalue weighted by molar-refractivity contribution is -0.140. The third kappa shape index (κ3) is 2.27. The van der Waals surface area contributed by atoms with Crippen LogP contribution < -0.4 is 0 Å². The van der Waals surface area contributed by atoms with Crippen molar-refractivity contribution in [3.8, 4) is 0 Å². The zero-order chi connectivity index (χ0) is 13.2. The number of benzene rings is 1. The van der Waals surface area contributed by atoms with Crippen molar-refractivity contribution in [3.63, 3.8) is 0 Å². The SMILES string of the molecule is CCO[C@H]1[C@@H]2CCC[C@@H]2C(=O)N1Cc1ccccc1. The van der Waals surface area contributed by atoms with E-state index in [1.165, 1.54) is 12.0 Å². The zero-order valence-corrected chi connectivity index (χ0v) is 11.4. The molecule has 3 rings (SSSR count). The summed E-state index contributed by atoms with van der Waals surface area (Å²) in [5.41, 5.74) is 1.18. The second-order valence-corrected chi connectivity index (χ2v) is 5.50. The molecule has 102 valence electrons. The predicted molar refractivity (Wildman–Crippen MR) is 73.2 cm³/mol. The second kappa shape index (κ2) is 5.33. The Kier molecular flexibility index (Phi) is 3.56. The van der Waals surface area contributed by atoms with Gasteiger partial charge in [0.05, 0.1) is 0 Å². The normalized spacial score (nSPS) is 29.8. The fraction of sp³-hybridized carbons (Fsp3) is 0.562.